The molecule has 0 radical (unpaired) electrons. The number of thiophene rings is 1. The molecule has 0 fully saturated rings. The number of nitrogens with zero attached hydrogens (tertiary/aromatic N) is 2. The Morgan fingerprint density at radius 1 is 0.875 bits per heavy atom. The second-order valence-corrected chi connectivity index (χ2v) is 15.9. The van der Waals surface area contributed by atoms with Crippen LogP contribution in [0.2, 0.25) is 19.6 Å². The van der Waals surface area contributed by atoms with Crippen molar-refractivity contribution in [3.63, 3.8) is 0 Å². The highest BCUT2D eigenvalue weighted by Crippen LogP contribution is 2.40. The lowest BCUT2D eigenvalue weighted by Gasteiger charge is -2.17. The van der Waals surface area contributed by atoms with Crippen molar-refractivity contribution < 1.29 is 0 Å². The van der Waals surface area contributed by atoms with Crippen molar-refractivity contribution in [3.05, 3.63) is 66.5 Å². The van der Waals surface area contributed by atoms with Crippen LogP contribution in [0.5, 0.6) is 0 Å². The molecule has 0 aliphatic carbocycles. The fourth-order valence-electron chi connectivity index (χ4n) is 4.79. The van der Waals surface area contributed by atoms with E-state index in [0.717, 1.165) is 24.1 Å². The number of benzene rings is 3. The normalized spacial score (nSPS) is 12.4. The molecule has 2 nitrogen and oxygen atoms in total. The second-order valence-electron chi connectivity index (χ2n) is 9.76. The van der Waals surface area contributed by atoms with Gasteiger partial charge in [-0.05, 0) is 53.3 Å². The largest absolute Gasteiger partial charge is 0.235 e. The minimum atomic E-state index is -1.37. The first kappa shape index (κ1) is 21.3. The Kier molecular flexibility index (Phi) is 5.38. The Morgan fingerprint density at radius 3 is 2.41 bits per heavy atom. The lowest BCUT2D eigenvalue weighted by atomic mass is 9.87. The fourth-order valence-corrected chi connectivity index (χ4v) is 7.26. The van der Waals surface area contributed by atoms with E-state index in [2.05, 4.69) is 88.1 Å². The highest BCUT2D eigenvalue weighted by Gasteiger charge is 2.20. The van der Waals surface area contributed by atoms with Gasteiger partial charge < -0.3 is 0 Å². The lowest BCUT2D eigenvalue weighted by molar-refractivity contribution is 0.647. The first-order chi connectivity index (χ1) is 15.4. The van der Waals surface area contributed by atoms with Crippen LogP contribution in [0, 0.1) is 0 Å². The summed E-state index contributed by atoms with van der Waals surface area (Å²) in [4.78, 5) is 9.52. The Balaban J connectivity index is 1.77. The molecule has 2 aromatic heterocycles. The van der Waals surface area contributed by atoms with Crippen LogP contribution in [0.4, 0.5) is 0 Å². The molecule has 0 bridgehead atoms. The lowest BCUT2D eigenvalue weighted by Crippen LogP contribution is -2.37. The van der Waals surface area contributed by atoms with Gasteiger partial charge in [-0.15, -0.1) is 11.3 Å². The average Bonchev–Trinajstić information content (AvgIpc) is 3.17. The van der Waals surface area contributed by atoms with E-state index in [1.54, 1.807) is 6.33 Å². The fraction of sp³-hybridized carbons (Fsp3) is 0.286. The summed E-state index contributed by atoms with van der Waals surface area (Å²) in [6.45, 7) is 11.8. The van der Waals surface area contributed by atoms with Gasteiger partial charge in [0.05, 0.1) is 24.0 Å². The zero-order chi connectivity index (χ0) is 22.5. The molecular weight excluding hydrogens is 424 g/mol. The van der Waals surface area contributed by atoms with E-state index in [1.807, 2.05) is 11.3 Å². The van der Waals surface area contributed by atoms with Crippen LogP contribution < -0.4 is 5.19 Å². The van der Waals surface area contributed by atoms with Gasteiger partial charge in [0.15, 0.2) is 0 Å². The molecule has 0 spiro atoms. The second kappa shape index (κ2) is 8.09. The Morgan fingerprint density at radius 2 is 1.66 bits per heavy atom. The van der Waals surface area contributed by atoms with Gasteiger partial charge in [-0.1, -0.05) is 75.1 Å². The van der Waals surface area contributed by atoms with Crippen molar-refractivity contribution in [2.24, 2.45) is 0 Å². The van der Waals surface area contributed by atoms with Gasteiger partial charge in [0.1, 0.15) is 6.33 Å². The Hall–Kier alpha value is -2.56. The highest BCUT2D eigenvalue weighted by atomic mass is 32.1. The molecule has 2 heterocycles. The number of aromatic nitrogens is 2. The van der Waals surface area contributed by atoms with Gasteiger partial charge in [0.25, 0.3) is 0 Å². The summed E-state index contributed by atoms with van der Waals surface area (Å²) >= 11 is 1.84. The van der Waals surface area contributed by atoms with Crippen molar-refractivity contribution in [1.82, 2.24) is 9.97 Å². The summed E-state index contributed by atoms with van der Waals surface area (Å²) in [7, 11) is -1.37. The molecule has 0 N–H and O–H groups in total. The highest BCUT2D eigenvalue weighted by molar-refractivity contribution is 7.26. The first-order valence-electron chi connectivity index (χ1n) is 11.6. The van der Waals surface area contributed by atoms with Crippen molar-refractivity contribution in [2.75, 3.05) is 0 Å². The maximum atomic E-state index is 4.81. The van der Waals surface area contributed by atoms with E-state index in [4.69, 9.17) is 9.97 Å². The van der Waals surface area contributed by atoms with Crippen LogP contribution in [-0.2, 0) is 0 Å². The van der Waals surface area contributed by atoms with Crippen LogP contribution in [0.1, 0.15) is 38.2 Å². The van der Waals surface area contributed by atoms with Gasteiger partial charge in [-0.2, -0.15) is 0 Å². The quantitative estimate of drug-likeness (QED) is 0.251. The van der Waals surface area contributed by atoms with Gasteiger partial charge in [-0.25, -0.2) is 9.97 Å². The SMILES string of the molecule is CCC(CC)c1cc(-c2ncnc3c2sc2cc([Si](C)(C)C)ccc23)cc2ccccc12. The monoisotopic (exact) mass is 454 g/mol. The predicted octanol–water partition coefficient (Wildman–Crippen LogP) is 8.11. The Labute approximate surface area is 195 Å². The molecule has 0 saturated heterocycles. The van der Waals surface area contributed by atoms with Crippen LogP contribution in [0.25, 0.3) is 42.3 Å². The molecule has 0 saturated carbocycles. The zero-order valence-electron chi connectivity index (χ0n) is 19.6. The average molecular weight is 455 g/mol. The van der Waals surface area contributed by atoms with Gasteiger partial charge in [-0.3, -0.25) is 0 Å². The molecule has 162 valence electrons. The van der Waals surface area contributed by atoms with Crippen LogP contribution in [-0.4, -0.2) is 18.0 Å². The molecule has 4 heteroatoms. The van der Waals surface area contributed by atoms with Gasteiger partial charge >= 0.3 is 0 Å². The zero-order valence-corrected chi connectivity index (χ0v) is 21.4. The smallest absolute Gasteiger partial charge is 0.116 e. The van der Waals surface area contributed by atoms with E-state index in [-0.39, 0.29) is 0 Å². The number of fused-ring (bicyclic) bond motifs is 4. The summed E-state index contributed by atoms with van der Waals surface area (Å²) in [6, 6.07) is 20.5. The molecule has 3 aromatic carbocycles. The van der Waals surface area contributed by atoms with Crippen molar-refractivity contribution >= 4 is 55.7 Å². The van der Waals surface area contributed by atoms with E-state index in [1.165, 1.54) is 41.9 Å². The molecule has 0 amide bonds. The number of hydrogen-bond acceptors (Lipinski definition) is 3. The molecule has 0 atom stereocenters. The maximum absolute atomic E-state index is 4.81. The topological polar surface area (TPSA) is 25.8 Å². The molecule has 0 unspecified atom stereocenters. The third-order valence-electron chi connectivity index (χ3n) is 6.71. The summed E-state index contributed by atoms with van der Waals surface area (Å²) in [5, 5.41) is 5.40. The van der Waals surface area contributed by atoms with E-state index in [9.17, 15) is 0 Å². The molecule has 5 aromatic rings. The van der Waals surface area contributed by atoms with Crippen LogP contribution in [0.15, 0.2) is 60.9 Å². The summed E-state index contributed by atoms with van der Waals surface area (Å²) < 4.78 is 2.52. The van der Waals surface area contributed by atoms with Gasteiger partial charge in [0, 0.05) is 15.6 Å². The molecule has 0 aliphatic heterocycles. The van der Waals surface area contributed by atoms with E-state index < -0.39 is 8.07 Å². The van der Waals surface area contributed by atoms with Gasteiger partial charge in [0.2, 0.25) is 0 Å². The molecule has 32 heavy (non-hydrogen) atoms. The maximum Gasteiger partial charge on any atom is 0.116 e. The van der Waals surface area contributed by atoms with E-state index >= 15 is 0 Å². The number of hydrogen-bond donors (Lipinski definition) is 0. The van der Waals surface area contributed by atoms with Crippen LogP contribution in [0.3, 0.4) is 0 Å². The molecule has 0 aliphatic rings. The third kappa shape index (κ3) is 3.56. The first-order valence-corrected chi connectivity index (χ1v) is 15.9. The summed E-state index contributed by atoms with van der Waals surface area (Å²) in [6.07, 6.45) is 4.03. The summed E-state index contributed by atoms with van der Waals surface area (Å²) in [5.74, 6) is 0.555. The predicted molar refractivity (Wildman–Crippen MR) is 144 cm³/mol. The van der Waals surface area contributed by atoms with Crippen LogP contribution >= 0.6 is 11.3 Å². The van der Waals surface area contributed by atoms with E-state index in [0.29, 0.717) is 5.92 Å². The van der Waals surface area contributed by atoms with Crippen molar-refractivity contribution in [2.45, 2.75) is 52.2 Å². The van der Waals surface area contributed by atoms with Crippen molar-refractivity contribution in [1.29, 1.82) is 0 Å². The Bertz CT molecular complexity index is 1440. The number of rotatable bonds is 5. The standard InChI is InChI=1S/C28H30N2SSi/c1-6-18(7-2)24-15-20(14-19-10-8-9-11-22(19)24)26-28-27(30-17-29-26)23-13-12-21(32(3,4)5)16-25(23)31-28/h8-18H,6-7H2,1-5H3. The molecule has 5 rings (SSSR count). The summed E-state index contributed by atoms with van der Waals surface area (Å²) in [5.41, 5.74) is 4.78. The molecular formula is C28H30N2SSi. The third-order valence-corrected chi connectivity index (χ3v) is 9.90. The van der Waals surface area contributed by atoms with Crippen molar-refractivity contribution in [3.8, 4) is 11.3 Å². The minimum Gasteiger partial charge on any atom is -0.235 e. The minimum absolute atomic E-state index is 0.555.